The minimum atomic E-state index is -0.788. The van der Waals surface area contributed by atoms with Crippen molar-refractivity contribution in [2.24, 2.45) is 28.9 Å². The van der Waals surface area contributed by atoms with Gasteiger partial charge in [-0.05, 0) is 54.1 Å². The Morgan fingerprint density at radius 3 is 1.87 bits per heavy atom. The van der Waals surface area contributed by atoms with Gasteiger partial charge in [-0.2, -0.15) is 0 Å². The van der Waals surface area contributed by atoms with Gasteiger partial charge in [-0.15, -0.1) is 0 Å². The highest BCUT2D eigenvalue weighted by molar-refractivity contribution is 6.13. The van der Waals surface area contributed by atoms with E-state index in [4.69, 9.17) is 48.6 Å². The fraction of sp³-hybridized carbons (Fsp3) is 0.593. The summed E-state index contributed by atoms with van der Waals surface area (Å²) in [5.41, 5.74) is 6.39. The number of imide groups is 1. The van der Waals surface area contributed by atoms with Gasteiger partial charge in [0.1, 0.15) is 24.1 Å². The van der Waals surface area contributed by atoms with Crippen LogP contribution in [0.5, 0.6) is 0 Å². The summed E-state index contributed by atoms with van der Waals surface area (Å²) in [7, 11) is 0. The van der Waals surface area contributed by atoms with Crippen LogP contribution in [0, 0.1) is 34.8 Å². The highest BCUT2D eigenvalue weighted by Crippen LogP contribution is 2.41. The second-order valence-electron chi connectivity index (χ2n) is 19.4. The van der Waals surface area contributed by atoms with E-state index in [-0.39, 0.29) is 68.3 Å². The largest absolute Gasteiger partial charge is 0.387 e. The van der Waals surface area contributed by atoms with Crippen molar-refractivity contribution >= 4 is 29.5 Å². The Morgan fingerprint density at radius 1 is 0.792 bits per heavy atom. The molecule has 5 amide bonds. The number of halogens is 2. The number of benzene rings is 2. The first-order chi connectivity index (χ1) is 37.2. The Morgan fingerprint density at radius 2 is 1.34 bits per heavy atom. The number of nitrogens with one attached hydrogen (secondary N) is 2. The number of rotatable bonds is 39. The van der Waals surface area contributed by atoms with E-state index < -0.39 is 59.2 Å². The fourth-order valence-corrected chi connectivity index (χ4v) is 8.87. The molecule has 3 aromatic rings. The Balaban J connectivity index is 0.914. The van der Waals surface area contributed by atoms with Crippen molar-refractivity contribution in [1.29, 1.82) is 0 Å². The summed E-state index contributed by atoms with van der Waals surface area (Å²) in [6.45, 7) is 12.1. The van der Waals surface area contributed by atoms with Crippen molar-refractivity contribution < 1.29 is 75.8 Å². The summed E-state index contributed by atoms with van der Waals surface area (Å²) in [6, 6.07) is 12.0. The molecule has 0 spiro atoms. The van der Waals surface area contributed by atoms with E-state index in [1.165, 1.54) is 12.2 Å². The highest BCUT2D eigenvalue weighted by atomic mass is 19.1. The number of carbonyl (C=O) groups is 5. The predicted molar refractivity (Wildman–Crippen MR) is 277 cm³/mol. The molecule has 0 radical (unpaired) electrons. The summed E-state index contributed by atoms with van der Waals surface area (Å²) in [5, 5.41) is 16.4. The molecular weight excluding hydrogens is 1010 g/mol. The second kappa shape index (κ2) is 33.6. The van der Waals surface area contributed by atoms with Crippen LogP contribution in [0.2, 0.25) is 0 Å². The molecule has 2 aliphatic heterocycles. The number of hydrogen-bond acceptors (Lipinski definition) is 16. The molecule has 2 aliphatic rings. The SMILES string of the molecule is CC(C)(C)[C@H](c1nc(-c2cc(F)ccc2F)cn1Cc1ccccc1)N(CC1CNCC1C(COCCOCCOCCOCCOCCOCCOCCOCCNC(=O)CCN1C(=O)C=CC1=O)C(N)=O)C(=O)CO. The first-order valence-electron chi connectivity index (χ1n) is 26.1. The number of nitrogens with zero attached hydrogens (tertiary/aromatic N) is 4. The number of ether oxygens (including phenoxy) is 8. The molecule has 21 nitrogen and oxygen atoms in total. The van der Waals surface area contributed by atoms with Gasteiger partial charge < -0.3 is 68.8 Å². The molecule has 5 N–H and O–H groups in total. The molecule has 23 heteroatoms. The van der Waals surface area contributed by atoms with Crippen LogP contribution >= 0.6 is 0 Å². The number of imidazole rings is 1. The molecular formula is C54H77F2N7O14. The van der Waals surface area contributed by atoms with Crippen LogP contribution in [-0.2, 0) is 68.4 Å². The van der Waals surface area contributed by atoms with E-state index in [0.29, 0.717) is 118 Å². The van der Waals surface area contributed by atoms with E-state index in [9.17, 15) is 33.5 Å². The van der Waals surface area contributed by atoms with Crippen LogP contribution in [0.15, 0.2) is 66.9 Å². The van der Waals surface area contributed by atoms with Crippen molar-refractivity contribution in [3.63, 3.8) is 0 Å². The number of amides is 5. The Labute approximate surface area is 449 Å². The van der Waals surface area contributed by atoms with E-state index in [1.807, 2.05) is 55.7 Å². The lowest BCUT2D eigenvalue weighted by molar-refractivity contribution is -0.141. The molecule has 3 heterocycles. The Hall–Kier alpha value is -5.60. The number of nitrogens with two attached hydrogens (primary N) is 1. The Kier molecular flexibility index (Phi) is 27.2. The van der Waals surface area contributed by atoms with E-state index in [2.05, 4.69) is 10.6 Å². The average molecular weight is 1090 g/mol. The second-order valence-corrected chi connectivity index (χ2v) is 19.4. The topological polar surface area (TPSA) is 254 Å². The van der Waals surface area contributed by atoms with E-state index in [0.717, 1.165) is 28.7 Å². The lowest BCUT2D eigenvalue weighted by atomic mass is 9.81. The van der Waals surface area contributed by atoms with E-state index in [1.54, 1.807) is 11.1 Å². The van der Waals surface area contributed by atoms with Gasteiger partial charge in [-0.3, -0.25) is 28.9 Å². The van der Waals surface area contributed by atoms with Crippen molar-refractivity contribution in [3.05, 3.63) is 89.9 Å². The van der Waals surface area contributed by atoms with Crippen molar-refractivity contribution in [2.75, 3.05) is 145 Å². The molecule has 2 aromatic carbocycles. The third-order valence-corrected chi connectivity index (χ3v) is 12.7. The highest BCUT2D eigenvalue weighted by Gasteiger charge is 2.43. The quantitative estimate of drug-likeness (QED) is 0.0472. The van der Waals surface area contributed by atoms with Crippen LogP contribution in [0.1, 0.15) is 44.6 Å². The van der Waals surface area contributed by atoms with Gasteiger partial charge in [0.2, 0.25) is 17.7 Å². The average Bonchev–Trinajstić information content (AvgIpc) is 4.13. The van der Waals surface area contributed by atoms with Crippen LogP contribution in [0.4, 0.5) is 8.78 Å². The maximum Gasteiger partial charge on any atom is 0.253 e. The van der Waals surface area contributed by atoms with Gasteiger partial charge in [0.15, 0.2) is 0 Å². The molecule has 1 fully saturated rings. The molecule has 0 bridgehead atoms. The maximum atomic E-state index is 15.2. The monoisotopic (exact) mass is 1090 g/mol. The molecule has 0 aliphatic carbocycles. The van der Waals surface area contributed by atoms with Gasteiger partial charge in [-0.1, -0.05) is 51.1 Å². The summed E-state index contributed by atoms with van der Waals surface area (Å²) in [5.74, 6) is -4.35. The predicted octanol–water partition coefficient (Wildman–Crippen LogP) is 2.29. The fourth-order valence-electron chi connectivity index (χ4n) is 8.87. The van der Waals surface area contributed by atoms with Gasteiger partial charge in [-0.25, -0.2) is 13.8 Å². The molecule has 426 valence electrons. The number of aliphatic hydroxyl groups is 1. The molecule has 1 aromatic heterocycles. The smallest absolute Gasteiger partial charge is 0.253 e. The van der Waals surface area contributed by atoms with Crippen LogP contribution in [0.25, 0.3) is 11.3 Å². The lowest BCUT2D eigenvalue weighted by Gasteiger charge is -2.42. The summed E-state index contributed by atoms with van der Waals surface area (Å²) < 4.78 is 76.1. The van der Waals surface area contributed by atoms with Crippen LogP contribution in [-0.4, -0.2) is 199 Å². The number of hydrogen-bond donors (Lipinski definition) is 4. The zero-order valence-electron chi connectivity index (χ0n) is 44.5. The first kappa shape index (κ1) is 62.2. The summed E-state index contributed by atoms with van der Waals surface area (Å²) in [4.78, 5) is 69.3. The van der Waals surface area contributed by atoms with Crippen molar-refractivity contribution in [3.8, 4) is 11.3 Å². The number of carbonyl (C=O) groups excluding carboxylic acids is 5. The van der Waals surface area contributed by atoms with Gasteiger partial charge >= 0.3 is 0 Å². The van der Waals surface area contributed by atoms with Crippen molar-refractivity contribution in [2.45, 2.75) is 39.8 Å². The minimum absolute atomic E-state index is 0.0257. The molecule has 5 rings (SSSR count). The van der Waals surface area contributed by atoms with Crippen LogP contribution in [0.3, 0.4) is 0 Å². The van der Waals surface area contributed by atoms with Gasteiger partial charge in [0, 0.05) is 56.5 Å². The normalized spacial score (nSPS) is 16.4. The molecule has 1 saturated heterocycles. The number of primary amides is 1. The number of aromatic nitrogens is 2. The Bertz CT molecular complexity index is 2300. The van der Waals surface area contributed by atoms with E-state index >= 15 is 4.39 Å². The first-order valence-corrected chi connectivity index (χ1v) is 26.1. The standard InChI is InChI=1S/C54H77F2N7O14/c1-54(2,3)51(53-60-46(42-31-41(55)9-10-45(42)56)36-61(53)34-39-7-5-4-6-8-39)63(50(68)37-64)35-40-32-58-33-43(40)44(52(57)69)38-77-30-29-76-28-27-75-26-25-74-24-23-73-22-21-72-20-19-71-18-17-70-16-14-59-47(65)13-15-62-48(66)11-12-49(62)67/h4-12,31,36,40,43-44,51,58,64H,13-30,32-35,37-38H2,1-3H3,(H2,57,69)(H,59,65)/t40?,43?,44?,51-/m0/s1. The van der Waals surface area contributed by atoms with Gasteiger partial charge in [0.25, 0.3) is 11.8 Å². The number of aliphatic hydroxyl groups excluding tert-OH is 1. The molecule has 77 heavy (non-hydrogen) atoms. The summed E-state index contributed by atoms with van der Waals surface area (Å²) >= 11 is 0. The summed E-state index contributed by atoms with van der Waals surface area (Å²) in [6.07, 6.45) is 4.05. The molecule has 4 atom stereocenters. The van der Waals surface area contributed by atoms with Crippen molar-refractivity contribution in [1.82, 2.24) is 30.0 Å². The minimum Gasteiger partial charge on any atom is -0.387 e. The maximum absolute atomic E-state index is 15.2. The molecule has 3 unspecified atom stereocenters. The zero-order valence-corrected chi connectivity index (χ0v) is 44.5. The third kappa shape index (κ3) is 21.3. The van der Waals surface area contributed by atoms with Gasteiger partial charge in [0.05, 0.1) is 123 Å². The zero-order chi connectivity index (χ0) is 55.4. The third-order valence-electron chi connectivity index (χ3n) is 12.7. The molecule has 0 saturated carbocycles. The lowest BCUT2D eigenvalue weighted by Crippen LogP contribution is -2.48. The van der Waals surface area contributed by atoms with Crippen LogP contribution < -0.4 is 16.4 Å².